The maximum Gasteiger partial charge on any atom is 0.236 e. The molecule has 18 heavy (non-hydrogen) atoms. The van der Waals surface area contributed by atoms with Crippen molar-refractivity contribution in [1.82, 2.24) is 4.90 Å². The number of likely N-dealkylation sites (tertiary alicyclic amines) is 1. The van der Waals surface area contributed by atoms with Gasteiger partial charge in [0.2, 0.25) is 11.8 Å². The molecule has 3 heteroatoms. The number of terminal acetylenes is 1. The smallest absolute Gasteiger partial charge is 0.236 e. The summed E-state index contributed by atoms with van der Waals surface area (Å²) >= 11 is 0. The Labute approximate surface area is 109 Å². The molecule has 2 rings (SSSR count). The van der Waals surface area contributed by atoms with Crippen molar-refractivity contribution in [3.8, 4) is 12.3 Å². The van der Waals surface area contributed by atoms with Crippen LogP contribution in [0, 0.1) is 17.8 Å². The first kappa shape index (κ1) is 13.1. The van der Waals surface area contributed by atoms with Gasteiger partial charge in [-0.25, -0.2) is 0 Å². The zero-order valence-corrected chi connectivity index (χ0v) is 11.1. The van der Waals surface area contributed by atoms with Crippen LogP contribution in [0.2, 0.25) is 0 Å². The van der Waals surface area contributed by atoms with Gasteiger partial charge in [-0.15, -0.1) is 12.3 Å². The van der Waals surface area contributed by atoms with Crippen molar-refractivity contribution in [2.45, 2.75) is 64.3 Å². The van der Waals surface area contributed by atoms with Crippen LogP contribution >= 0.6 is 0 Å². The molecule has 0 aromatic rings. The minimum Gasteiger partial charge on any atom is -0.278 e. The van der Waals surface area contributed by atoms with E-state index in [1.165, 1.54) is 11.3 Å². The van der Waals surface area contributed by atoms with Gasteiger partial charge in [0.25, 0.3) is 0 Å². The van der Waals surface area contributed by atoms with E-state index in [2.05, 4.69) is 5.92 Å². The van der Waals surface area contributed by atoms with Crippen molar-refractivity contribution in [2.75, 3.05) is 0 Å². The summed E-state index contributed by atoms with van der Waals surface area (Å²) < 4.78 is 0. The molecular weight excluding hydrogens is 226 g/mol. The highest BCUT2D eigenvalue weighted by atomic mass is 16.2. The minimum atomic E-state index is -0.378. The molecule has 1 spiro atoms. The number of imide groups is 1. The third-order valence-electron chi connectivity index (χ3n) is 4.43. The fraction of sp³-hybridized carbons (Fsp3) is 0.733. The molecule has 0 N–H and O–H groups in total. The van der Waals surface area contributed by atoms with Crippen molar-refractivity contribution in [1.29, 1.82) is 0 Å². The molecule has 1 atom stereocenters. The fourth-order valence-corrected chi connectivity index (χ4v) is 3.36. The largest absolute Gasteiger partial charge is 0.278 e. The first-order chi connectivity index (χ1) is 8.64. The molecule has 98 valence electrons. The van der Waals surface area contributed by atoms with Crippen molar-refractivity contribution in [2.24, 2.45) is 5.41 Å². The van der Waals surface area contributed by atoms with Crippen LogP contribution < -0.4 is 0 Å². The van der Waals surface area contributed by atoms with E-state index in [1.54, 1.807) is 0 Å². The van der Waals surface area contributed by atoms with Gasteiger partial charge in [-0.3, -0.25) is 14.5 Å². The fourth-order valence-electron chi connectivity index (χ4n) is 3.36. The van der Waals surface area contributed by atoms with E-state index in [0.717, 1.165) is 32.1 Å². The first-order valence-corrected chi connectivity index (χ1v) is 6.94. The summed E-state index contributed by atoms with van der Waals surface area (Å²) in [6.45, 7) is 1.98. The summed E-state index contributed by atoms with van der Waals surface area (Å²) in [6, 6.07) is -0.101. The lowest BCUT2D eigenvalue weighted by Gasteiger charge is -2.32. The SMILES string of the molecule is C#CCC(CC)N1C(=O)CC2(CCCCC2)C1=O. The highest BCUT2D eigenvalue weighted by molar-refractivity contribution is 6.06. The van der Waals surface area contributed by atoms with E-state index in [-0.39, 0.29) is 23.3 Å². The Bertz CT molecular complexity index is 388. The normalized spacial score (nSPS) is 24.3. The second-order valence-corrected chi connectivity index (χ2v) is 5.56. The van der Waals surface area contributed by atoms with Gasteiger partial charge in [-0.1, -0.05) is 26.2 Å². The highest BCUT2D eigenvalue weighted by Crippen LogP contribution is 2.46. The average Bonchev–Trinajstić information content (AvgIpc) is 2.60. The van der Waals surface area contributed by atoms with Crippen LogP contribution in [0.5, 0.6) is 0 Å². The van der Waals surface area contributed by atoms with Crippen LogP contribution in [-0.2, 0) is 9.59 Å². The molecule has 0 aromatic carbocycles. The summed E-state index contributed by atoms with van der Waals surface area (Å²) in [5.74, 6) is 2.62. The second kappa shape index (κ2) is 5.14. The van der Waals surface area contributed by atoms with Crippen LogP contribution in [-0.4, -0.2) is 22.8 Å². The Hall–Kier alpha value is -1.30. The van der Waals surface area contributed by atoms with Gasteiger partial charge in [0, 0.05) is 12.8 Å². The van der Waals surface area contributed by atoms with Gasteiger partial charge < -0.3 is 0 Å². The Balaban J connectivity index is 2.21. The molecule has 0 bridgehead atoms. The van der Waals surface area contributed by atoms with Crippen molar-refractivity contribution >= 4 is 11.8 Å². The number of hydrogen-bond donors (Lipinski definition) is 0. The first-order valence-electron chi connectivity index (χ1n) is 6.94. The van der Waals surface area contributed by atoms with E-state index in [4.69, 9.17) is 6.42 Å². The molecule has 1 heterocycles. The molecule has 1 saturated heterocycles. The molecule has 2 aliphatic rings. The Morgan fingerprint density at radius 1 is 1.33 bits per heavy atom. The van der Waals surface area contributed by atoms with Crippen LogP contribution in [0.25, 0.3) is 0 Å². The lowest BCUT2D eigenvalue weighted by molar-refractivity contribution is -0.144. The van der Waals surface area contributed by atoms with Gasteiger partial charge in [-0.05, 0) is 19.3 Å². The van der Waals surface area contributed by atoms with Crippen molar-refractivity contribution < 1.29 is 9.59 Å². The minimum absolute atomic E-state index is 0.0102. The third kappa shape index (κ3) is 2.05. The molecule has 1 unspecified atom stereocenters. The predicted octanol–water partition coefficient (Wildman–Crippen LogP) is 2.50. The van der Waals surface area contributed by atoms with Crippen LogP contribution in [0.15, 0.2) is 0 Å². The topological polar surface area (TPSA) is 37.4 Å². The van der Waals surface area contributed by atoms with Gasteiger partial charge in [-0.2, -0.15) is 0 Å². The molecule has 1 saturated carbocycles. The second-order valence-electron chi connectivity index (χ2n) is 5.56. The molecule has 3 nitrogen and oxygen atoms in total. The van der Waals surface area contributed by atoms with Crippen LogP contribution in [0.4, 0.5) is 0 Å². The molecule has 0 radical (unpaired) electrons. The Morgan fingerprint density at radius 3 is 2.56 bits per heavy atom. The molecule has 2 fully saturated rings. The summed E-state index contributed by atoms with van der Waals surface area (Å²) in [6.07, 6.45) is 12.0. The highest BCUT2D eigenvalue weighted by Gasteiger charge is 2.52. The molecule has 1 aliphatic carbocycles. The number of carbonyl (C=O) groups is 2. The monoisotopic (exact) mass is 247 g/mol. The summed E-state index contributed by atoms with van der Waals surface area (Å²) in [4.78, 5) is 26.3. The third-order valence-corrected chi connectivity index (χ3v) is 4.43. The van der Waals surface area contributed by atoms with Gasteiger partial charge >= 0.3 is 0 Å². The zero-order valence-electron chi connectivity index (χ0n) is 11.1. The van der Waals surface area contributed by atoms with Gasteiger partial charge in [0.15, 0.2) is 0 Å². The summed E-state index contributed by atoms with van der Waals surface area (Å²) in [7, 11) is 0. The lowest BCUT2D eigenvalue weighted by Crippen LogP contribution is -2.42. The van der Waals surface area contributed by atoms with E-state index in [1.807, 2.05) is 6.92 Å². The number of nitrogens with zero attached hydrogens (tertiary/aromatic N) is 1. The number of amides is 2. The maximum absolute atomic E-state index is 12.6. The van der Waals surface area contributed by atoms with Gasteiger partial charge in [0.05, 0.1) is 11.5 Å². The van der Waals surface area contributed by atoms with E-state index < -0.39 is 0 Å². The molecule has 1 aliphatic heterocycles. The number of rotatable bonds is 3. The Morgan fingerprint density at radius 2 is 2.00 bits per heavy atom. The maximum atomic E-state index is 12.6. The molecule has 0 aromatic heterocycles. The standard InChI is InChI=1S/C15H21NO2/c1-3-8-12(4-2)16-13(17)11-15(14(16)18)9-6-5-7-10-15/h1,12H,4-11H2,2H3. The summed E-state index contributed by atoms with van der Waals surface area (Å²) in [5.41, 5.74) is -0.378. The zero-order chi connectivity index (χ0) is 13.2. The molecular formula is C15H21NO2. The lowest BCUT2D eigenvalue weighted by atomic mass is 9.73. The van der Waals surface area contributed by atoms with E-state index in [9.17, 15) is 9.59 Å². The number of hydrogen-bond acceptors (Lipinski definition) is 2. The average molecular weight is 247 g/mol. The van der Waals surface area contributed by atoms with Crippen LogP contribution in [0.3, 0.4) is 0 Å². The van der Waals surface area contributed by atoms with Gasteiger partial charge in [0.1, 0.15) is 0 Å². The molecule has 2 amide bonds. The number of carbonyl (C=O) groups excluding carboxylic acids is 2. The van der Waals surface area contributed by atoms with Crippen molar-refractivity contribution in [3.63, 3.8) is 0 Å². The predicted molar refractivity (Wildman–Crippen MR) is 69.5 cm³/mol. The summed E-state index contributed by atoms with van der Waals surface area (Å²) in [5, 5.41) is 0. The van der Waals surface area contributed by atoms with Crippen molar-refractivity contribution in [3.05, 3.63) is 0 Å². The van der Waals surface area contributed by atoms with E-state index in [0.29, 0.717) is 12.8 Å². The Kier molecular flexibility index (Phi) is 3.75. The van der Waals surface area contributed by atoms with E-state index >= 15 is 0 Å². The quantitative estimate of drug-likeness (QED) is 0.567. The van der Waals surface area contributed by atoms with Crippen LogP contribution in [0.1, 0.15) is 58.3 Å².